The summed E-state index contributed by atoms with van der Waals surface area (Å²) in [6.07, 6.45) is 6.64. The van der Waals surface area contributed by atoms with Crippen LogP contribution in [0.2, 0.25) is 0 Å². The van der Waals surface area contributed by atoms with Crippen LogP contribution in [0.4, 0.5) is 0 Å². The van der Waals surface area contributed by atoms with Crippen LogP contribution in [0.3, 0.4) is 0 Å². The van der Waals surface area contributed by atoms with Gasteiger partial charge in [-0.1, -0.05) is 31.4 Å². The summed E-state index contributed by atoms with van der Waals surface area (Å²) in [5, 5.41) is 3.18. The van der Waals surface area contributed by atoms with Crippen LogP contribution < -0.4 is 5.32 Å². The van der Waals surface area contributed by atoms with E-state index in [1.165, 1.54) is 19.3 Å². The first-order chi connectivity index (χ1) is 11.6. The van der Waals surface area contributed by atoms with Crippen molar-refractivity contribution >= 4 is 16.9 Å². The molecular formula is C19H28N4O. The first-order valence-electron chi connectivity index (χ1n) is 9.02. The fourth-order valence-electron chi connectivity index (χ4n) is 3.50. The van der Waals surface area contributed by atoms with E-state index >= 15 is 0 Å². The lowest BCUT2D eigenvalue weighted by Gasteiger charge is -2.23. The Balaban J connectivity index is 1.48. The Bertz CT molecular complexity index is 688. The van der Waals surface area contributed by atoms with E-state index < -0.39 is 0 Å². The lowest BCUT2D eigenvalue weighted by Crippen LogP contribution is -2.37. The topological polar surface area (TPSA) is 50.2 Å². The molecule has 1 saturated carbocycles. The molecule has 130 valence electrons. The van der Waals surface area contributed by atoms with E-state index in [2.05, 4.69) is 20.9 Å². The summed E-state index contributed by atoms with van der Waals surface area (Å²) >= 11 is 0. The number of nitrogens with zero attached hydrogens (tertiary/aromatic N) is 3. The molecule has 0 bridgehead atoms. The second-order valence-electron chi connectivity index (χ2n) is 6.97. The monoisotopic (exact) mass is 328 g/mol. The molecule has 1 aromatic carbocycles. The fraction of sp³-hybridized carbons (Fsp3) is 0.579. The molecule has 3 rings (SSSR count). The van der Waals surface area contributed by atoms with Crippen LogP contribution in [-0.4, -0.2) is 40.0 Å². The van der Waals surface area contributed by atoms with Crippen molar-refractivity contribution in [3.05, 3.63) is 30.1 Å². The molecule has 5 nitrogen and oxygen atoms in total. The smallest absolute Gasteiger partial charge is 0.221 e. The second kappa shape index (κ2) is 7.79. The SMILES string of the molecule is CN(CCC(=O)NC1CCCCC1)Cc1nc2ccccc2n1C. The maximum Gasteiger partial charge on any atom is 0.221 e. The van der Waals surface area contributed by atoms with E-state index in [4.69, 9.17) is 4.98 Å². The Kier molecular flexibility index (Phi) is 5.51. The summed E-state index contributed by atoms with van der Waals surface area (Å²) in [6, 6.07) is 8.57. The molecule has 1 heterocycles. The van der Waals surface area contributed by atoms with Crippen molar-refractivity contribution < 1.29 is 4.79 Å². The van der Waals surface area contributed by atoms with Crippen LogP contribution in [0.5, 0.6) is 0 Å². The molecule has 0 radical (unpaired) electrons. The number of imidazole rings is 1. The average molecular weight is 328 g/mol. The van der Waals surface area contributed by atoms with Crippen molar-refractivity contribution in [2.75, 3.05) is 13.6 Å². The van der Waals surface area contributed by atoms with E-state index in [1.807, 2.05) is 32.3 Å². The maximum atomic E-state index is 12.1. The molecule has 0 atom stereocenters. The molecule has 1 fully saturated rings. The van der Waals surface area contributed by atoms with Gasteiger partial charge in [-0.2, -0.15) is 0 Å². The average Bonchev–Trinajstić information content (AvgIpc) is 2.90. The molecule has 24 heavy (non-hydrogen) atoms. The highest BCUT2D eigenvalue weighted by molar-refractivity contribution is 5.76. The van der Waals surface area contributed by atoms with E-state index in [0.29, 0.717) is 12.5 Å². The van der Waals surface area contributed by atoms with Crippen molar-refractivity contribution in [3.8, 4) is 0 Å². The highest BCUT2D eigenvalue weighted by atomic mass is 16.1. The summed E-state index contributed by atoms with van der Waals surface area (Å²) in [7, 11) is 4.10. The van der Waals surface area contributed by atoms with Crippen LogP contribution in [-0.2, 0) is 18.4 Å². The highest BCUT2D eigenvalue weighted by Gasteiger charge is 2.16. The third-order valence-electron chi connectivity index (χ3n) is 4.98. The largest absolute Gasteiger partial charge is 0.353 e. The van der Waals surface area contributed by atoms with Gasteiger partial charge in [-0.05, 0) is 32.0 Å². The Morgan fingerprint density at radius 3 is 2.79 bits per heavy atom. The number of amides is 1. The quantitative estimate of drug-likeness (QED) is 0.887. The number of aromatic nitrogens is 2. The van der Waals surface area contributed by atoms with E-state index in [-0.39, 0.29) is 5.91 Å². The minimum Gasteiger partial charge on any atom is -0.353 e. The molecule has 0 spiro atoms. The molecule has 5 heteroatoms. The highest BCUT2D eigenvalue weighted by Crippen LogP contribution is 2.17. The number of carbonyl (C=O) groups is 1. The number of benzene rings is 1. The molecular weight excluding hydrogens is 300 g/mol. The summed E-state index contributed by atoms with van der Waals surface area (Å²) in [5.41, 5.74) is 2.18. The van der Waals surface area contributed by atoms with Gasteiger partial charge >= 0.3 is 0 Å². The van der Waals surface area contributed by atoms with Crippen LogP contribution in [0, 0.1) is 0 Å². The van der Waals surface area contributed by atoms with Gasteiger partial charge in [0, 0.05) is 26.1 Å². The van der Waals surface area contributed by atoms with E-state index in [1.54, 1.807) is 0 Å². The predicted octanol–water partition coefficient (Wildman–Crippen LogP) is 2.84. The molecule has 1 N–H and O–H groups in total. The molecule has 0 saturated heterocycles. The zero-order valence-corrected chi connectivity index (χ0v) is 14.8. The molecule has 0 unspecified atom stereocenters. The number of carbonyl (C=O) groups excluding carboxylic acids is 1. The van der Waals surface area contributed by atoms with Crippen molar-refractivity contribution in [1.82, 2.24) is 19.8 Å². The Morgan fingerprint density at radius 2 is 2.04 bits per heavy atom. The number of nitrogens with one attached hydrogen (secondary N) is 1. The first-order valence-corrected chi connectivity index (χ1v) is 9.02. The zero-order chi connectivity index (χ0) is 16.9. The third-order valence-corrected chi connectivity index (χ3v) is 4.98. The van der Waals surface area contributed by atoms with Crippen molar-refractivity contribution in [3.63, 3.8) is 0 Å². The van der Waals surface area contributed by atoms with E-state index in [9.17, 15) is 4.79 Å². The number of hydrogen-bond donors (Lipinski definition) is 1. The second-order valence-corrected chi connectivity index (χ2v) is 6.97. The minimum absolute atomic E-state index is 0.179. The normalized spacial score (nSPS) is 16.0. The van der Waals surface area contributed by atoms with Gasteiger partial charge in [0.25, 0.3) is 0 Å². The molecule has 0 aliphatic heterocycles. The standard InChI is InChI=1S/C19H28N4O/c1-22(13-12-19(24)20-15-8-4-3-5-9-15)14-18-21-16-10-6-7-11-17(16)23(18)2/h6-7,10-11,15H,3-5,8-9,12-14H2,1-2H3,(H,20,24). The molecule has 1 aromatic heterocycles. The van der Waals surface area contributed by atoms with Gasteiger partial charge in [0.1, 0.15) is 5.82 Å². The molecule has 2 aromatic rings. The van der Waals surface area contributed by atoms with Crippen molar-refractivity contribution in [1.29, 1.82) is 0 Å². The lowest BCUT2D eigenvalue weighted by molar-refractivity contribution is -0.122. The van der Waals surface area contributed by atoms with Gasteiger partial charge in [0.05, 0.1) is 17.6 Å². The number of para-hydroxylation sites is 2. The van der Waals surface area contributed by atoms with Crippen LogP contribution in [0.25, 0.3) is 11.0 Å². The molecule has 1 aliphatic carbocycles. The van der Waals surface area contributed by atoms with Crippen LogP contribution in [0.1, 0.15) is 44.3 Å². The minimum atomic E-state index is 0.179. The predicted molar refractivity (Wildman–Crippen MR) is 96.7 cm³/mol. The summed E-state index contributed by atoms with van der Waals surface area (Å²) in [4.78, 5) is 19.0. The van der Waals surface area contributed by atoms with Crippen LogP contribution in [0.15, 0.2) is 24.3 Å². The van der Waals surface area contributed by atoms with Crippen molar-refractivity contribution in [2.24, 2.45) is 7.05 Å². The van der Waals surface area contributed by atoms with Crippen molar-refractivity contribution in [2.45, 2.75) is 51.1 Å². The number of hydrogen-bond acceptors (Lipinski definition) is 3. The Labute approximate surface area is 144 Å². The maximum absolute atomic E-state index is 12.1. The number of fused-ring (bicyclic) bond motifs is 1. The van der Waals surface area contributed by atoms with Gasteiger partial charge in [0.2, 0.25) is 5.91 Å². The summed E-state index contributed by atoms with van der Waals surface area (Å²) in [6.45, 7) is 1.50. The van der Waals surface area contributed by atoms with Gasteiger partial charge in [-0.3, -0.25) is 9.69 Å². The van der Waals surface area contributed by atoms with Gasteiger partial charge in [-0.25, -0.2) is 4.98 Å². The lowest BCUT2D eigenvalue weighted by atomic mass is 9.95. The van der Waals surface area contributed by atoms with Gasteiger partial charge in [-0.15, -0.1) is 0 Å². The summed E-state index contributed by atoms with van der Waals surface area (Å²) in [5.74, 6) is 1.21. The molecule has 1 aliphatic rings. The van der Waals surface area contributed by atoms with E-state index in [0.717, 1.165) is 42.8 Å². The summed E-state index contributed by atoms with van der Waals surface area (Å²) < 4.78 is 2.13. The number of rotatable bonds is 6. The van der Waals surface area contributed by atoms with Gasteiger partial charge in [0.15, 0.2) is 0 Å². The Hall–Kier alpha value is -1.88. The third kappa shape index (κ3) is 4.15. The Morgan fingerprint density at radius 1 is 1.29 bits per heavy atom. The molecule has 1 amide bonds. The first kappa shape index (κ1) is 17.0. The number of aryl methyl sites for hydroxylation is 1. The van der Waals surface area contributed by atoms with Crippen LogP contribution >= 0.6 is 0 Å². The van der Waals surface area contributed by atoms with Gasteiger partial charge < -0.3 is 9.88 Å². The fourth-order valence-corrected chi connectivity index (χ4v) is 3.50. The zero-order valence-electron chi connectivity index (χ0n) is 14.8.